The average Bonchev–Trinajstić information content (AvgIpc) is 2.33. The Bertz CT molecular complexity index is 305. The molecule has 0 amide bonds. The summed E-state index contributed by atoms with van der Waals surface area (Å²) in [6, 6.07) is 0. The molecule has 0 aromatic carbocycles. The molecule has 1 N–H and O–H groups in total. The van der Waals surface area contributed by atoms with Gasteiger partial charge in [0.05, 0.1) is 0 Å². The molecule has 2 nitrogen and oxygen atoms in total. The Balaban J connectivity index is 3.07. The number of aryl methyl sites for hydroxylation is 1. The Morgan fingerprint density at radius 3 is 2.31 bits per heavy atom. The van der Waals surface area contributed by atoms with Crippen molar-refractivity contribution in [2.75, 3.05) is 0 Å². The van der Waals surface area contributed by atoms with E-state index in [-0.39, 0.29) is 5.01 Å². The summed E-state index contributed by atoms with van der Waals surface area (Å²) in [7, 11) is 0. The van der Waals surface area contributed by atoms with Crippen molar-refractivity contribution in [1.29, 1.82) is 0 Å². The lowest BCUT2D eigenvalue weighted by Crippen LogP contribution is -2.39. The van der Waals surface area contributed by atoms with E-state index < -0.39 is 11.8 Å². The highest BCUT2D eigenvalue weighted by Crippen LogP contribution is 2.39. The zero-order valence-corrected chi connectivity index (χ0v) is 7.83. The van der Waals surface area contributed by atoms with Crippen LogP contribution in [0.15, 0.2) is 6.20 Å². The van der Waals surface area contributed by atoms with Crippen molar-refractivity contribution in [3.63, 3.8) is 0 Å². The lowest BCUT2D eigenvalue weighted by atomic mass is 10.1. The first-order valence-corrected chi connectivity index (χ1v) is 4.29. The molecule has 0 aliphatic carbocycles. The normalized spacial score (nSPS) is 17.1. The standard InChI is InChI=1S/C7H8F3NOS/c1-4-3-11-5(13-4)6(2,12)7(8,9)10/h3,12H,1-2H3. The van der Waals surface area contributed by atoms with Crippen LogP contribution in [0.4, 0.5) is 13.2 Å². The number of nitrogens with zero attached hydrogens (tertiary/aromatic N) is 1. The fourth-order valence-corrected chi connectivity index (χ4v) is 1.53. The van der Waals surface area contributed by atoms with Crippen molar-refractivity contribution in [2.45, 2.75) is 25.6 Å². The van der Waals surface area contributed by atoms with Gasteiger partial charge in [-0.1, -0.05) is 0 Å². The molecule has 1 unspecified atom stereocenters. The lowest BCUT2D eigenvalue weighted by Gasteiger charge is -2.23. The second-order valence-electron chi connectivity index (χ2n) is 2.85. The van der Waals surface area contributed by atoms with Gasteiger partial charge in [0.1, 0.15) is 5.01 Å². The van der Waals surface area contributed by atoms with E-state index in [1.807, 2.05) is 0 Å². The first-order valence-electron chi connectivity index (χ1n) is 3.47. The van der Waals surface area contributed by atoms with E-state index >= 15 is 0 Å². The molecule has 0 radical (unpaired) electrons. The maximum Gasteiger partial charge on any atom is 0.423 e. The minimum Gasteiger partial charge on any atom is -0.375 e. The van der Waals surface area contributed by atoms with E-state index in [0.29, 0.717) is 11.8 Å². The third-order valence-electron chi connectivity index (χ3n) is 1.59. The van der Waals surface area contributed by atoms with Crippen molar-refractivity contribution < 1.29 is 18.3 Å². The van der Waals surface area contributed by atoms with Crippen molar-refractivity contribution in [3.05, 3.63) is 16.1 Å². The van der Waals surface area contributed by atoms with Crippen LogP contribution in [0.3, 0.4) is 0 Å². The topological polar surface area (TPSA) is 33.1 Å². The highest BCUT2D eigenvalue weighted by molar-refractivity contribution is 7.11. The predicted octanol–water partition coefficient (Wildman–Crippen LogP) is 2.22. The number of aromatic nitrogens is 1. The van der Waals surface area contributed by atoms with E-state index in [0.717, 1.165) is 11.3 Å². The summed E-state index contributed by atoms with van der Waals surface area (Å²) in [4.78, 5) is 4.14. The average molecular weight is 211 g/mol. The molecule has 1 aromatic rings. The molecule has 0 fully saturated rings. The summed E-state index contributed by atoms with van der Waals surface area (Å²) < 4.78 is 36.7. The molecule has 1 atom stereocenters. The number of rotatable bonds is 1. The van der Waals surface area contributed by atoms with Crippen LogP contribution in [-0.2, 0) is 5.60 Å². The summed E-state index contributed by atoms with van der Waals surface area (Å²) in [5.74, 6) is 0. The largest absolute Gasteiger partial charge is 0.423 e. The van der Waals surface area contributed by atoms with Crippen LogP contribution in [0.25, 0.3) is 0 Å². The molecule has 0 bridgehead atoms. The van der Waals surface area contributed by atoms with Crippen LogP contribution in [0.5, 0.6) is 0 Å². The van der Waals surface area contributed by atoms with Gasteiger partial charge in [-0.15, -0.1) is 11.3 Å². The van der Waals surface area contributed by atoms with E-state index in [4.69, 9.17) is 5.11 Å². The van der Waals surface area contributed by atoms with Crippen LogP contribution in [0.1, 0.15) is 16.8 Å². The summed E-state index contributed by atoms with van der Waals surface area (Å²) in [5.41, 5.74) is -2.84. The maximum atomic E-state index is 12.2. The molecule has 0 spiro atoms. The third kappa shape index (κ3) is 1.83. The number of alkyl halides is 3. The van der Waals surface area contributed by atoms with Crippen LogP contribution >= 0.6 is 11.3 Å². The molecule has 1 rings (SSSR count). The van der Waals surface area contributed by atoms with E-state index in [2.05, 4.69) is 4.98 Å². The number of halogens is 3. The van der Waals surface area contributed by atoms with E-state index in [1.165, 1.54) is 6.20 Å². The van der Waals surface area contributed by atoms with Gasteiger partial charge in [-0.3, -0.25) is 0 Å². The molecule has 0 saturated heterocycles. The van der Waals surface area contributed by atoms with Crippen molar-refractivity contribution in [3.8, 4) is 0 Å². The van der Waals surface area contributed by atoms with Gasteiger partial charge in [0, 0.05) is 11.1 Å². The highest BCUT2D eigenvalue weighted by Gasteiger charge is 2.53. The first-order chi connectivity index (χ1) is 5.75. The van der Waals surface area contributed by atoms with Gasteiger partial charge >= 0.3 is 6.18 Å². The molecular weight excluding hydrogens is 203 g/mol. The summed E-state index contributed by atoms with van der Waals surface area (Å²) >= 11 is 0.840. The van der Waals surface area contributed by atoms with Gasteiger partial charge in [0.25, 0.3) is 0 Å². The smallest absolute Gasteiger partial charge is 0.375 e. The lowest BCUT2D eigenvalue weighted by molar-refractivity contribution is -0.258. The molecule has 6 heteroatoms. The zero-order chi connectivity index (χ0) is 10.3. The number of hydrogen-bond acceptors (Lipinski definition) is 3. The monoisotopic (exact) mass is 211 g/mol. The van der Waals surface area contributed by atoms with Crippen molar-refractivity contribution in [2.24, 2.45) is 0 Å². The Morgan fingerprint density at radius 1 is 1.46 bits per heavy atom. The summed E-state index contributed by atoms with van der Waals surface area (Å²) in [6.45, 7) is 2.33. The van der Waals surface area contributed by atoms with Crippen LogP contribution in [0.2, 0.25) is 0 Å². The molecule has 0 saturated carbocycles. The van der Waals surface area contributed by atoms with Gasteiger partial charge in [-0.05, 0) is 13.8 Å². The van der Waals surface area contributed by atoms with Crippen LogP contribution in [-0.4, -0.2) is 16.3 Å². The Kier molecular flexibility index (Phi) is 2.38. The predicted molar refractivity (Wildman–Crippen MR) is 42.5 cm³/mol. The Morgan fingerprint density at radius 2 is 2.00 bits per heavy atom. The van der Waals surface area contributed by atoms with Gasteiger partial charge < -0.3 is 5.11 Å². The minimum absolute atomic E-state index is 0.322. The molecule has 0 aliphatic rings. The van der Waals surface area contributed by atoms with Crippen LogP contribution < -0.4 is 0 Å². The molecule has 1 aromatic heterocycles. The second-order valence-corrected chi connectivity index (χ2v) is 4.08. The fraction of sp³-hybridized carbons (Fsp3) is 0.571. The van der Waals surface area contributed by atoms with Crippen LogP contribution in [0, 0.1) is 6.92 Å². The van der Waals surface area contributed by atoms with Crippen molar-refractivity contribution >= 4 is 11.3 Å². The maximum absolute atomic E-state index is 12.2. The number of aliphatic hydroxyl groups is 1. The van der Waals surface area contributed by atoms with Gasteiger partial charge in [0.15, 0.2) is 0 Å². The van der Waals surface area contributed by atoms with E-state index in [9.17, 15) is 13.2 Å². The molecule has 0 aliphatic heterocycles. The highest BCUT2D eigenvalue weighted by atomic mass is 32.1. The van der Waals surface area contributed by atoms with Gasteiger partial charge in [-0.25, -0.2) is 4.98 Å². The Hall–Kier alpha value is -0.620. The van der Waals surface area contributed by atoms with Gasteiger partial charge in [0.2, 0.25) is 5.60 Å². The molecule has 13 heavy (non-hydrogen) atoms. The molecule has 1 heterocycles. The van der Waals surface area contributed by atoms with E-state index in [1.54, 1.807) is 6.92 Å². The number of hydrogen-bond donors (Lipinski definition) is 1. The first kappa shape index (κ1) is 10.5. The SMILES string of the molecule is Cc1cnc(C(C)(O)C(F)(F)F)s1. The fourth-order valence-electron chi connectivity index (χ4n) is 0.701. The molecular formula is C7H8F3NOS. The van der Waals surface area contributed by atoms with Gasteiger partial charge in [-0.2, -0.15) is 13.2 Å². The third-order valence-corrected chi connectivity index (χ3v) is 2.71. The number of thiazole rings is 1. The summed E-state index contributed by atoms with van der Waals surface area (Å²) in [5, 5.41) is 8.84. The minimum atomic E-state index is -4.68. The second kappa shape index (κ2) is 2.95. The van der Waals surface area contributed by atoms with Crippen molar-refractivity contribution in [1.82, 2.24) is 4.98 Å². The zero-order valence-electron chi connectivity index (χ0n) is 7.01. The Labute approximate surface area is 77.0 Å². The summed E-state index contributed by atoms with van der Waals surface area (Å²) in [6.07, 6.45) is -3.38. The molecule has 74 valence electrons. The quantitative estimate of drug-likeness (QED) is 0.772.